The maximum atomic E-state index is 12.4. The molecule has 1 heterocycles. The lowest BCUT2D eigenvalue weighted by Gasteiger charge is -2.11. The van der Waals surface area contributed by atoms with Crippen molar-refractivity contribution in [3.63, 3.8) is 0 Å². The van der Waals surface area contributed by atoms with E-state index in [-0.39, 0.29) is 34.7 Å². The topological polar surface area (TPSA) is 121 Å². The maximum Gasteiger partial charge on any atom is 0.338 e. The number of rotatable bonds is 7. The molecule has 134 valence electrons. The van der Waals surface area contributed by atoms with Crippen molar-refractivity contribution in [1.29, 1.82) is 0 Å². The third-order valence-corrected chi connectivity index (χ3v) is 5.02. The number of hydrogen-bond acceptors (Lipinski definition) is 8. The van der Waals surface area contributed by atoms with Crippen LogP contribution in [0, 0.1) is 6.92 Å². The number of nitrogens with one attached hydrogen (secondary N) is 1. The highest BCUT2D eigenvalue weighted by atomic mass is 32.2. The molecule has 0 amide bonds. The van der Waals surface area contributed by atoms with Gasteiger partial charge < -0.3 is 13.9 Å². The van der Waals surface area contributed by atoms with Gasteiger partial charge in [-0.25, -0.2) is 17.9 Å². The van der Waals surface area contributed by atoms with Crippen LogP contribution in [0.2, 0.25) is 0 Å². The van der Waals surface area contributed by atoms with Gasteiger partial charge in [-0.2, -0.15) is 0 Å². The van der Waals surface area contributed by atoms with Crippen molar-refractivity contribution < 1.29 is 27.1 Å². The highest BCUT2D eigenvalue weighted by Crippen LogP contribution is 2.28. The molecule has 1 fully saturated rings. The van der Waals surface area contributed by atoms with Gasteiger partial charge in [0.05, 0.1) is 12.7 Å². The second-order valence-corrected chi connectivity index (χ2v) is 7.23. The van der Waals surface area contributed by atoms with Gasteiger partial charge in [-0.3, -0.25) is 0 Å². The largest absolute Gasteiger partial charge is 0.495 e. The van der Waals surface area contributed by atoms with Crippen molar-refractivity contribution in [3.8, 4) is 5.75 Å². The predicted molar refractivity (Wildman–Crippen MR) is 84.5 cm³/mol. The minimum atomic E-state index is -3.78. The smallest absolute Gasteiger partial charge is 0.338 e. The van der Waals surface area contributed by atoms with Crippen LogP contribution in [0.25, 0.3) is 0 Å². The van der Waals surface area contributed by atoms with E-state index in [2.05, 4.69) is 14.9 Å². The Morgan fingerprint density at radius 3 is 2.72 bits per heavy atom. The lowest BCUT2D eigenvalue weighted by atomic mass is 10.2. The van der Waals surface area contributed by atoms with Crippen LogP contribution in [-0.4, -0.2) is 37.7 Å². The van der Waals surface area contributed by atoms with E-state index in [1.54, 1.807) is 6.92 Å². The Hall–Kier alpha value is -2.46. The highest BCUT2D eigenvalue weighted by molar-refractivity contribution is 7.89. The quantitative estimate of drug-likeness (QED) is 0.724. The fraction of sp³-hybridized carbons (Fsp3) is 0.400. The molecule has 0 spiro atoms. The van der Waals surface area contributed by atoms with Crippen molar-refractivity contribution >= 4 is 16.0 Å². The van der Waals surface area contributed by atoms with Crippen LogP contribution in [-0.2, 0) is 21.4 Å². The van der Waals surface area contributed by atoms with Crippen LogP contribution in [0.15, 0.2) is 27.5 Å². The summed E-state index contributed by atoms with van der Waals surface area (Å²) in [7, 11) is -2.42. The molecule has 0 radical (unpaired) electrons. The molecule has 1 aromatic heterocycles. The number of ether oxygens (including phenoxy) is 2. The number of esters is 1. The van der Waals surface area contributed by atoms with Gasteiger partial charge in [0.1, 0.15) is 10.6 Å². The van der Waals surface area contributed by atoms with Crippen molar-refractivity contribution in [2.75, 3.05) is 7.11 Å². The average molecular weight is 367 g/mol. The first-order chi connectivity index (χ1) is 11.9. The van der Waals surface area contributed by atoms with Crippen LogP contribution in [0.1, 0.15) is 35.0 Å². The first kappa shape index (κ1) is 17.4. The third-order valence-electron chi connectivity index (χ3n) is 3.48. The fourth-order valence-corrected chi connectivity index (χ4v) is 3.60. The number of carbonyl (C=O) groups excluding carboxylic acids is 1. The fourth-order valence-electron chi connectivity index (χ4n) is 2.10. The Bertz CT molecular complexity index is 888. The second kappa shape index (κ2) is 6.81. The molecule has 3 rings (SSSR count). The number of aromatic nitrogens is 2. The monoisotopic (exact) mass is 367 g/mol. The summed E-state index contributed by atoms with van der Waals surface area (Å²) in [5, 5.41) is 7.34. The van der Waals surface area contributed by atoms with E-state index in [4.69, 9.17) is 13.9 Å². The van der Waals surface area contributed by atoms with Gasteiger partial charge in [-0.05, 0) is 31.0 Å². The molecule has 10 heteroatoms. The van der Waals surface area contributed by atoms with Gasteiger partial charge in [0, 0.05) is 13.0 Å². The molecule has 9 nitrogen and oxygen atoms in total. The minimum absolute atomic E-state index is 0.0638. The van der Waals surface area contributed by atoms with Gasteiger partial charge in [0.25, 0.3) is 5.89 Å². The number of carbonyl (C=O) groups is 1. The summed E-state index contributed by atoms with van der Waals surface area (Å²) in [4.78, 5) is 12.1. The van der Waals surface area contributed by atoms with Crippen molar-refractivity contribution in [2.24, 2.45) is 0 Å². The van der Waals surface area contributed by atoms with E-state index < -0.39 is 16.0 Å². The predicted octanol–water partition coefficient (Wildman–Crippen LogP) is 1.18. The maximum absolute atomic E-state index is 12.4. The Morgan fingerprint density at radius 1 is 1.36 bits per heavy atom. The lowest BCUT2D eigenvalue weighted by molar-refractivity contribution is 0.0436. The zero-order valence-corrected chi connectivity index (χ0v) is 14.5. The van der Waals surface area contributed by atoms with E-state index in [1.807, 2.05) is 0 Å². The van der Waals surface area contributed by atoms with Crippen LogP contribution in [0.5, 0.6) is 5.75 Å². The number of benzene rings is 1. The van der Waals surface area contributed by atoms with E-state index in [1.165, 1.54) is 25.3 Å². The molecule has 1 aliphatic carbocycles. The first-order valence-electron chi connectivity index (χ1n) is 7.55. The highest BCUT2D eigenvalue weighted by Gasteiger charge is 2.30. The Morgan fingerprint density at radius 2 is 2.12 bits per heavy atom. The summed E-state index contributed by atoms with van der Waals surface area (Å²) in [5.41, 5.74) is 0.0770. The molecule has 1 aliphatic rings. The lowest BCUT2D eigenvalue weighted by Crippen LogP contribution is -2.26. The van der Waals surface area contributed by atoms with Gasteiger partial charge in [-0.1, -0.05) is 0 Å². The molecule has 2 aromatic rings. The normalized spacial score (nSPS) is 14.3. The molecule has 1 aromatic carbocycles. The molecule has 0 bridgehead atoms. The Balaban J connectivity index is 1.79. The summed E-state index contributed by atoms with van der Waals surface area (Å²) < 4.78 is 42.7. The summed E-state index contributed by atoms with van der Waals surface area (Å²) >= 11 is 0. The standard InChI is InChI=1S/C15H17N3O6S/c1-9-16-17-14(24-9)8-23-15(19)10-3-6-12(22-2)13(7-10)25(20,21)18-11-4-5-11/h3,6-7,11,18H,4-5,8H2,1-2H3. The van der Waals surface area contributed by atoms with E-state index in [0.29, 0.717) is 5.89 Å². The first-order valence-corrected chi connectivity index (χ1v) is 9.04. The molecule has 0 saturated heterocycles. The molecule has 0 atom stereocenters. The van der Waals surface area contributed by atoms with Crippen LogP contribution in [0.3, 0.4) is 0 Å². The molecular formula is C15H17N3O6S. The summed E-state index contributed by atoms with van der Waals surface area (Å²) in [5.74, 6) is -0.0452. The zero-order chi connectivity index (χ0) is 18.0. The molecule has 25 heavy (non-hydrogen) atoms. The van der Waals surface area contributed by atoms with Gasteiger partial charge >= 0.3 is 5.97 Å². The Labute approximate surface area is 144 Å². The van der Waals surface area contributed by atoms with Crippen molar-refractivity contribution in [2.45, 2.75) is 37.3 Å². The van der Waals surface area contributed by atoms with E-state index in [0.717, 1.165) is 12.8 Å². The van der Waals surface area contributed by atoms with Gasteiger partial charge in [-0.15, -0.1) is 10.2 Å². The van der Waals surface area contributed by atoms with Gasteiger partial charge in [0.15, 0.2) is 6.61 Å². The van der Waals surface area contributed by atoms with Gasteiger partial charge in [0.2, 0.25) is 15.9 Å². The average Bonchev–Trinajstić information content (AvgIpc) is 3.29. The number of hydrogen-bond donors (Lipinski definition) is 1. The van der Waals surface area contributed by atoms with E-state index >= 15 is 0 Å². The summed E-state index contributed by atoms with van der Waals surface area (Å²) in [6, 6.07) is 4.00. The summed E-state index contributed by atoms with van der Waals surface area (Å²) in [6.07, 6.45) is 1.60. The van der Waals surface area contributed by atoms with Crippen molar-refractivity contribution in [1.82, 2.24) is 14.9 Å². The number of methoxy groups -OCH3 is 1. The third kappa shape index (κ3) is 4.15. The molecule has 1 N–H and O–H groups in total. The molecule has 1 saturated carbocycles. The van der Waals surface area contributed by atoms with Crippen LogP contribution < -0.4 is 9.46 Å². The number of nitrogens with zero attached hydrogens (tertiary/aromatic N) is 2. The molecular weight excluding hydrogens is 350 g/mol. The molecule has 0 aliphatic heterocycles. The zero-order valence-electron chi connectivity index (χ0n) is 13.7. The SMILES string of the molecule is COc1ccc(C(=O)OCc2nnc(C)o2)cc1S(=O)(=O)NC1CC1. The van der Waals surface area contributed by atoms with Crippen LogP contribution in [0.4, 0.5) is 0 Å². The molecule has 0 unspecified atom stereocenters. The Kier molecular flexibility index (Phi) is 4.73. The minimum Gasteiger partial charge on any atom is -0.495 e. The number of sulfonamides is 1. The van der Waals surface area contributed by atoms with Crippen LogP contribution >= 0.6 is 0 Å². The second-order valence-electron chi connectivity index (χ2n) is 5.55. The van der Waals surface area contributed by atoms with E-state index in [9.17, 15) is 13.2 Å². The van der Waals surface area contributed by atoms with Crippen molar-refractivity contribution in [3.05, 3.63) is 35.5 Å². The summed E-state index contributed by atoms with van der Waals surface area (Å²) in [6.45, 7) is 1.42. The number of aryl methyl sites for hydroxylation is 1.